The topological polar surface area (TPSA) is 40.5 Å². The highest BCUT2D eigenvalue weighted by Crippen LogP contribution is 2.08. The molecule has 2 N–H and O–H groups in total. The minimum Gasteiger partial charge on any atom is -0.393 e. The van der Waals surface area contributed by atoms with Crippen molar-refractivity contribution in [2.75, 3.05) is 0 Å². The van der Waals surface area contributed by atoms with Crippen LogP contribution in [0.5, 0.6) is 0 Å². The van der Waals surface area contributed by atoms with Crippen molar-refractivity contribution < 1.29 is 10.2 Å². The molecule has 0 heterocycles. The van der Waals surface area contributed by atoms with E-state index in [-0.39, 0.29) is 6.42 Å². The van der Waals surface area contributed by atoms with Gasteiger partial charge in [0.05, 0.1) is 6.10 Å². The molecule has 0 bridgehead atoms. The van der Waals surface area contributed by atoms with E-state index in [0.29, 0.717) is 12.3 Å². The molecule has 0 unspecified atom stereocenters. The van der Waals surface area contributed by atoms with Crippen LogP contribution in [0.4, 0.5) is 0 Å². The van der Waals surface area contributed by atoms with Gasteiger partial charge in [-0.15, -0.1) is 6.42 Å². The zero-order valence-corrected chi connectivity index (χ0v) is 7.12. The summed E-state index contributed by atoms with van der Waals surface area (Å²) in [5, 5.41) is 18.2. The predicted octanol–water partition coefficient (Wildman–Crippen LogP) is 0.778. The Labute approximate surface area is 68.2 Å². The van der Waals surface area contributed by atoms with E-state index in [1.165, 1.54) is 0 Å². The van der Waals surface area contributed by atoms with E-state index < -0.39 is 12.2 Å². The second-order valence-electron chi connectivity index (χ2n) is 3.20. The van der Waals surface area contributed by atoms with Gasteiger partial charge in [-0.1, -0.05) is 19.8 Å². The van der Waals surface area contributed by atoms with Crippen LogP contribution < -0.4 is 0 Å². The van der Waals surface area contributed by atoms with Crippen LogP contribution in [-0.4, -0.2) is 22.4 Å². The Kier molecular flexibility index (Phi) is 4.93. The number of hydrogen-bond donors (Lipinski definition) is 2. The molecule has 2 heteroatoms. The van der Waals surface area contributed by atoms with E-state index >= 15 is 0 Å². The molecule has 0 fully saturated rings. The number of hydrogen-bond acceptors (Lipinski definition) is 2. The number of aliphatic hydroxyl groups is 2. The Morgan fingerprint density at radius 2 is 1.82 bits per heavy atom. The van der Waals surface area contributed by atoms with Crippen LogP contribution in [0.15, 0.2) is 0 Å². The zero-order valence-electron chi connectivity index (χ0n) is 7.12. The molecule has 0 aromatic rings. The van der Waals surface area contributed by atoms with Gasteiger partial charge in [-0.05, 0) is 12.3 Å². The van der Waals surface area contributed by atoms with Crippen molar-refractivity contribution in [2.24, 2.45) is 5.92 Å². The molecule has 0 aliphatic carbocycles. The van der Waals surface area contributed by atoms with E-state index in [0.717, 1.165) is 0 Å². The van der Waals surface area contributed by atoms with Crippen molar-refractivity contribution in [3.63, 3.8) is 0 Å². The maximum absolute atomic E-state index is 9.27. The lowest BCUT2D eigenvalue weighted by Crippen LogP contribution is -2.17. The van der Waals surface area contributed by atoms with Gasteiger partial charge in [0.15, 0.2) is 0 Å². The molecule has 0 aliphatic rings. The summed E-state index contributed by atoms with van der Waals surface area (Å²) in [6, 6.07) is 0. The average Bonchev–Trinajstić information content (AvgIpc) is 1.85. The van der Waals surface area contributed by atoms with Crippen molar-refractivity contribution >= 4 is 0 Å². The Morgan fingerprint density at radius 3 is 2.18 bits per heavy atom. The zero-order chi connectivity index (χ0) is 8.85. The Balaban J connectivity index is 3.53. The van der Waals surface area contributed by atoms with E-state index in [4.69, 9.17) is 11.5 Å². The van der Waals surface area contributed by atoms with Gasteiger partial charge in [0.25, 0.3) is 0 Å². The molecule has 0 amide bonds. The van der Waals surface area contributed by atoms with Crippen molar-refractivity contribution in [3.05, 3.63) is 0 Å². The second kappa shape index (κ2) is 5.17. The highest BCUT2D eigenvalue weighted by molar-refractivity contribution is 4.94. The maximum atomic E-state index is 9.27. The number of terminal acetylenes is 1. The predicted molar refractivity (Wildman–Crippen MR) is 44.9 cm³/mol. The first-order valence-corrected chi connectivity index (χ1v) is 3.88. The van der Waals surface area contributed by atoms with Gasteiger partial charge in [0, 0.05) is 6.42 Å². The Bertz CT molecular complexity index is 135. The van der Waals surface area contributed by atoms with E-state index in [2.05, 4.69) is 5.92 Å². The van der Waals surface area contributed by atoms with E-state index in [1.807, 2.05) is 13.8 Å². The van der Waals surface area contributed by atoms with Gasteiger partial charge >= 0.3 is 0 Å². The van der Waals surface area contributed by atoms with Crippen LogP contribution in [0.2, 0.25) is 0 Å². The van der Waals surface area contributed by atoms with Crippen LogP contribution in [0.3, 0.4) is 0 Å². The normalized spacial score (nSPS) is 16.0. The lowest BCUT2D eigenvalue weighted by Gasteiger charge is -2.13. The third-order valence-corrected chi connectivity index (χ3v) is 1.43. The van der Waals surface area contributed by atoms with Gasteiger partial charge < -0.3 is 10.2 Å². The summed E-state index contributed by atoms with van der Waals surface area (Å²) in [6.07, 6.45) is 4.65. The average molecular weight is 156 g/mol. The molecule has 0 rings (SSSR count). The van der Waals surface area contributed by atoms with Gasteiger partial charge in [-0.3, -0.25) is 0 Å². The minimum atomic E-state index is -0.802. The smallest absolute Gasteiger partial charge is 0.116 e. The minimum absolute atomic E-state index is 0.286. The standard InChI is InChI=1S/C9H16O2/c1-4-8(10)6-9(11)5-7(2)3/h1,7-11H,5-6H2,2-3H3/t8-,9+/m0/s1. The summed E-state index contributed by atoms with van der Waals surface area (Å²) in [5.74, 6) is 2.60. The summed E-state index contributed by atoms with van der Waals surface area (Å²) >= 11 is 0. The third kappa shape index (κ3) is 5.90. The molecule has 0 saturated heterocycles. The van der Waals surface area contributed by atoms with Crippen molar-refractivity contribution in [1.29, 1.82) is 0 Å². The largest absolute Gasteiger partial charge is 0.393 e. The molecule has 0 aromatic heterocycles. The monoisotopic (exact) mass is 156 g/mol. The fraction of sp³-hybridized carbons (Fsp3) is 0.778. The SMILES string of the molecule is C#C[C@H](O)C[C@H](O)CC(C)C. The van der Waals surface area contributed by atoms with Gasteiger partial charge in [-0.2, -0.15) is 0 Å². The molecule has 0 spiro atoms. The van der Waals surface area contributed by atoms with Crippen LogP contribution in [0.25, 0.3) is 0 Å². The fourth-order valence-electron chi connectivity index (χ4n) is 0.966. The first-order chi connectivity index (χ1) is 5.06. The molecule has 0 saturated carbocycles. The quantitative estimate of drug-likeness (QED) is 0.590. The van der Waals surface area contributed by atoms with Gasteiger partial charge in [-0.25, -0.2) is 0 Å². The highest BCUT2D eigenvalue weighted by atomic mass is 16.3. The Hall–Kier alpha value is -0.520. The van der Waals surface area contributed by atoms with Crippen molar-refractivity contribution in [3.8, 4) is 12.3 Å². The number of aliphatic hydroxyl groups excluding tert-OH is 2. The highest BCUT2D eigenvalue weighted by Gasteiger charge is 2.10. The van der Waals surface area contributed by atoms with Gasteiger partial charge in [0.1, 0.15) is 6.10 Å². The molecular weight excluding hydrogens is 140 g/mol. The maximum Gasteiger partial charge on any atom is 0.116 e. The third-order valence-electron chi connectivity index (χ3n) is 1.43. The fourth-order valence-corrected chi connectivity index (χ4v) is 0.966. The van der Waals surface area contributed by atoms with E-state index in [9.17, 15) is 5.11 Å². The van der Waals surface area contributed by atoms with Crippen molar-refractivity contribution in [2.45, 2.75) is 38.9 Å². The second-order valence-corrected chi connectivity index (χ2v) is 3.20. The summed E-state index contributed by atoms with van der Waals surface area (Å²) in [7, 11) is 0. The summed E-state index contributed by atoms with van der Waals surface area (Å²) in [5.41, 5.74) is 0. The lowest BCUT2D eigenvalue weighted by atomic mass is 10.0. The summed E-state index contributed by atoms with van der Waals surface area (Å²) in [6.45, 7) is 4.04. The van der Waals surface area contributed by atoms with Crippen LogP contribution in [0.1, 0.15) is 26.7 Å². The molecule has 64 valence electrons. The molecular formula is C9H16O2. The van der Waals surface area contributed by atoms with Gasteiger partial charge in [0.2, 0.25) is 0 Å². The molecule has 0 aliphatic heterocycles. The molecule has 2 nitrogen and oxygen atoms in total. The van der Waals surface area contributed by atoms with Crippen LogP contribution in [-0.2, 0) is 0 Å². The van der Waals surface area contributed by atoms with E-state index in [1.54, 1.807) is 0 Å². The summed E-state index contributed by atoms with van der Waals surface area (Å²) < 4.78 is 0. The lowest BCUT2D eigenvalue weighted by molar-refractivity contribution is 0.0921. The van der Waals surface area contributed by atoms with Crippen LogP contribution >= 0.6 is 0 Å². The first-order valence-electron chi connectivity index (χ1n) is 3.88. The molecule has 0 radical (unpaired) electrons. The summed E-state index contributed by atoms with van der Waals surface area (Å²) in [4.78, 5) is 0. The first kappa shape index (κ1) is 10.5. The molecule has 2 atom stereocenters. The Morgan fingerprint density at radius 1 is 1.27 bits per heavy atom. The number of rotatable bonds is 4. The molecule has 11 heavy (non-hydrogen) atoms. The molecule has 0 aromatic carbocycles. The van der Waals surface area contributed by atoms with Crippen molar-refractivity contribution in [1.82, 2.24) is 0 Å². The van der Waals surface area contributed by atoms with Crippen LogP contribution in [0, 0.1) is 18.3 Å².